The normalized spacial score (nSPS) is 10.5. The van der Waals surface area contributed by atoms with Gasteiger partial charge in [-0.25, -0.2) is 0 Å². The third-order valence-electron chi connectivity index (χ3n) is 3.71. The number of benzene rings is 2. The first-order valence-corrected chi connectivity index (χ1v) is 8.12. The molecule has 0 fully saturated rings. The number of carbonyl (C=O) groups is 2. The fraction of sp³-hybridized carbons (Fsp3) is 0.222. The second-order valence-electron chi connectivity index (χ2n) is 5.56. The molecule has 0 spiro atoms. The van der Waals surface area contributed by atoms with Crippen molar-refractivity contribution in [1.82, 2.24) is 0 Å². The average Bonchev–Trinajstić information content (AvgIpc) is 2.52. The van der Waals surface area contributed by atoms with Gasteiger partial charge in [0.25, 0.3) is 0 Å². The van der Waals surface area contributed by atoms with Crippen LogP contribution >= 0.6 is 23.2 Å². The summed E-state index contributed by atoms with van der Waals surface area (Å²) in [5.74, 6) is -0.652. The van der Waals surface area contributed by atoms with Crippen LogP contribution in [-0.4, -0.2) is 16.8 Å². The van der Waals surface area contributed by atoms with E-state index in [9.17, 15) is 14.7 Å². The van der Waals surface area contributed by atoms with Crippen molar-refractivity contribution in [2.75, 3.05) is 5.32 Å². The molecule has 0 aromatic heterocycles. The van der Waals surface area contributed by atoms with Gasteiger partial charge in [0.2, 0.25) is 5.91 Å². The fourth-order valence-corrected chi connectivity index (χ4v) is 2.63. The van der Waals surface area contributed by atoms with Crippen molar-refractivity contribution in [3.8, 4) is 5.75 Å². The highest BCUT2D eigenvalue weighted by molar-refractivity contribution is 6.37. The number of phenolic OH excluding ortho intramolecular Hbond substituents is 1. The SMILES string of the molecule is Cc1ccc(C(=O)CCC(=O)Nc2cc(Cl)c(O)c(Cl)c2)cc1C. The number of aromatic hydroxyl groups is 1. The van der Waals surface area contributed by atoms with E-state index < -0.39 is 0 Å². The lowest BCUT2D eigenvalue weighted by Gasteiger charge is -2.08. The van der Waals surface area contributed by atoms with Crippen LogP contribution < -0.4 is 5.32 Å². The molecule has 24 heavy (non-hydrogen) atoms. The first-order valence-electron chi connectivity index (χ1n) is 7.36. The number of hydrogen-bond acceptors (Lipinski definition) is 3. The third-order valence-corrected chi connectivity index (χ3v) is 4.28. The molecular formula is C18H17Cl2NO3. The molecule has 0 saturated carbocycles. The molecule has 2 aromatic rings. The molecule has 126 valence electrons. The Labute approximate surface area is 150 Å². The average molecular weight is 366 g/mol. The zero-order valence-electron chi connectivity index (χ0n) is 13.3. The smallest absolute Gasteiger partial charge is 0.224 e. The summed E-state index contributed by atoms with van der Waals surface area (Å²) in [5.41, 5.74) is 3.12. The predicted octanol–water partition coefficient (Wildman–Crippen LogP) is 4.92. The van der Waals surface area contributed by atoms with Crippen LogP contribution in [0.4, 0.5) is 5.69 Å². The van der Waals surface area contributed by atoms with Crippen LogP contribution in [0.1, 0.15) is 34.3 Å². The van der Waals surface area contributed by atoms with Gasteiger partial charge in [0.15, 0.2) is 11.5 Å². The molecule has 2 aromatic carbocycles. The summed E-state index contributed by atoms with van der Waals surface area (Å²) in [5, 5.41) is 12.2. The summed E-state index contributed by atoms with van der Waals surface area (Å²) in [6.07, 6.45) is 0.149. The van der Waals surface area contributed by atoms with Gasteiger partial charge in [0.1, 0.15) is 0 Å². The lowest BCUT2D eigenvalue weighted by atomic mass is 10.0. The molecule has 0 saturated heterocycles. The van der Waals surface area contributed by atoms with Gasteiger partial charge in [-0.2, -0.15) is 0 Å². The Morgan fingerprint density at radius 2 is 1.62 bits per heavy atom. The van der Waals surface area contributed by atoms with Crippen molar-refractivity contribution < 1.29 is 14.7 Å². The van der Waals surface area contributed by atoms with E-state index in [0.29, 0.717) is 11.3 Å². The van der Waals surface area contributed by atoms with Gasteiger partial charge in [-0.15, -0.1) is 0 Å². The molecule has 1 amide bonds. The second kappa shape index (κ2) is 7.69. The molecule has 0 bridgehead atoms. The molecule has 2 N–H and O–H groups in total. The predicted molar refractivity (Wildman–Crippen MR) is 96.2 cm³/mol. The van der Waals surface area contributed by atoms with Gasteiger partial charge in [0.05, 0.1) is 10.0 Å². The van der Waals surface area contributed by atoms with Crippen molar-refractivity contribution in [2.24, 2.45) is 0 Å². The quantitative estimate of drug-likeness (QED) is 0.583. The maximum Gasteiger partial charge on any atom is 0.224 e. The molecule has 0 atom stereocenters. The number of phenols is 1. The molecule has 0 aliphatic carbocycles. The highest BCUT2D eigenvalue weighted by atomic mass is 35.5. The Morgan fingerprint density at radius 3 is 2.21 bits per heavy atom. The topological polar surface area (TPSA) is 66.4 Å². The number of rotatable bonds is 5. The van der Waals surface area contributed by atoms with Gasteiger partial charge in [0, 0.05) is 24.1 Å². The van der Waals surface area contributed by atoms with E-state index in [2.05, 4.69) is 5.32 Å². The summed E-state index contributed by atoms with van der Waals surface area (Å²) < 4.78 is 0. The molecule has 6 heteroatoms. The van der Waals surface area contributed by atoms with Gasteiger partial charge >= 0.3 is 0 Å². The molecular weight excluding hydrogens is 349 g/mol. The number of anilines is 1. The van der Waals surface area contributed by atoms with Crippen LogP contribution in [0.5, 0.6) is 5.75 Å². The van der Waals surface area contributed by atoms with Gasteiger partial charge in [-0.1, -0.05) is 35.3 Å². The summed E-state index contributed by atoms with van der Waals surface area (Å²) in [4.78, 5) is 24.1. The van der Waals surface area contributed by atoms with Gasteiger partial charge in [-0.05, 0) is 43.2 Å². The van der Waals surface area contributed by atoms with Gasteiger partial charge in [-0.3, -0.25) is 9.59 Å². The van der Waals surface area contributed by atoms with Crippen LogP contribution in [0.3, 0.4) is 0 Å². The summed E-state index contributed by atoms with van der Waals surface area (Å²) in [6.45, 7) is 3.92. The monoisotopic (exact) mass is 365 g/mol. The maximum atomic E-state index is 12.2. The van der Waals surface area contributed by atoms with Gasteiger partial charge < -0.3 is 10.4 Å². The minimum absolute atomic E-state index is 0.0435. The first-order chi connectivity index (χ1) is 11.3. The summed E-state index contributed by atoms with van der Waals surface area (Å²) in [7, 11) is 0. The van der Waals surface area contributed by atoms with E-state index in [1.165, 1.54) is 12.1 Å². The van der Waals surface area contributed by atoms with E-state index >= 15 is 0 Å². The molecule has 4 nitrogen and oxygen atoms in total. The minimum atomic E-state index is -0.329. The van der Waals surface area contributed by atoms with Crippen molar-refractivity contribution in [3.05, 3.63) is 57.1 Å². The van der Waals surface area contributed by atoms with Crippen LogP contribution in [0, 0.1) is 13.8 Å². The van der Waals surface area contributed by atoms with Crippen molar-refractivity contribution >= 4 is 40.6 Å². The number of nitrogens with one attached hydrogen (secondary N) is 1. The standard InChI is InChI=1S/C18H17Cl2NO3/c1-10-3-4-12(7-11(10)2)16(22)5-6-17(23)21-13-8-14(19)18(24)15(20)9-13/h3-4,7-9,24H,5-6H2,1-2H3,(H,21,23). The van der Waals surface area contributed by atoms with Crippen LogP contribution in [-0.2, 0) is 4.79 Å². The minimum Gasteiger partial charge on any atom is -0.505 e. The van der Waals surface area contributed by atoms with Crippen LogP contribution in [0.15, 0.2) is 30.3 Å². The number of carbonyl (C=O) groups excluding carboxylic acids is 2. The van der Waals surface area contributed by atoms with E-state index in [4.69, 9.17) is 23.2 Å². The molecule has 0 unspecified atom stereocenters. The zero-order chi connectivity index (χ0) is 17.9. The second-order valence-corrected chi connectivity index (χ2v) is 6.37. The maximum absolute atomic E-state index is 12.2. The van der Waals surface area contributed by atoms with Crippen molar-refractivity contribution in [1.29, 1.82) is 0 Å². The number of hydrogen-bond donors (Lipinski definition) is 2. The van der Waals surface area contributed by atoms with E-state index in [1.54, 1.807) is 6.07 Å². The van der Waals surface area contributed by atoms with Crippen LogP contribution in [0.25, 0.3) is 0 Å². The molecule has 0 heterocycles. The Morgan fingerprint density at radius 1 is 1.00 bits per heavy atom. The lowest BCUT2D eigenvalue weighted by Crippen LogP contribution is -2.13. The number of amides is 1. The number of ketones is 1. The number of Topliss-reactive ketones (excluding diaryl/α,β-unsaturated/α-hetero) is 1. The lowest BCUT2D eigenvalue weighted by molar-refractivity contribution is -0.116. The highest BCUT2D eigenvalue weighted by Gasteiger charge is 2.12. The summed E-state index contributed by atoms with van der Waals surface area (Å²) >= 11 is 11.6. The Kier molecular flexibility index (Phi) is 5.86. The van der Waals surface area contributed by atoms with E-state index in [-0.39, 0.29) is 40.3 Å². The largest absolute Gasteiger partial charge is 0.505 e. The number of aryl methyl sites for hydroxylation is 2. The fourth-order valence-electron chi connectivity index (χ4n) is 2.15. The molecule has 2 rings (SSSR count). The highest BCUT2D eigenvalue weighted by Crippen LogP contribution is 2.34. The molecule has 0 aliphatic heterocycles. The van der Waals surface area contributed by atoms with E-state index in [0.717, 1.165) is 11.1 Å². The first kappa shape index (κ1) is 18.3. The molecule has 0 aliphatic rings. The van der Waals surface area contributed by atoms with Crippen molar-refractivity contribution in [3.63, 3.8) is 0 Å². The Balaban J connectivity index is 1.95. The number of halogens is 2. The Hall–Kier alpha value is -2.04. The van der Waals surface area contributed by atoms with E-state index in [1.807, 2.05) is 26.0 Å². The third kappa shape index (κ3) is 4.49. The zero-order valence-corrected chi connectivity index (χ0v) is 14.8. The van der Waals surface area contributed by atoms with Crippen molar-refractivity contribution in [2.45, 2.75) is 26.7 Å². The molecule has 0 radical (unpaired) electrons. The Bertz CT molecular complexity index is 780. The van der Waals surface area contributed by atoms with Crippen LogP contribution in [0.2, 0.25) is 10.0 Å². The summed E-state index contributed by atoms with van der Waals surface area (Å²) in [6, 6.07) is 8.28.